The Morgan fingerprint density at radius 1 is 1.56 bits per heavy atom. The van der Waals surface area contributed by atoms with Gasteiger partial charge in [-0.05, 0) is 19.8 Å². The van der Waals surface area contributed by atoms with Crippen molar-refractivity contribution in [1.82, 2.24) is 4.90 Å². The van der Waals surface area contributed by atoms with Gasteiger partial charge < -0.3 is 15.2 Å². The largest absolute Gasteiger partial charge is 0.385 e. The molecule has 0 aromatic heterocycles. The Bertz CT molecular complexity index is 190. The van der Waals surface area contributed by atoms with Crippen molar-refractivity contribution >= 4 is 0 Å². The first kappa shape index (κ1) is 13.9. The third kappa shape index (κ3) is 4.37. The molecule has 4 heteroatoms. The zero-order valence-electron chi connectivity index (χ0n) is 10.8. The Kier molecular flexibility index (Phi) is 6.28. The summed E-state index contributed by atoms with van der Waals surface area (Å²) in [6, 6.07) is 0.740. The molecule has 1 aliphatic rings. The minimum absolute atomic E-state index is 0.208. The van der Waals surface area contributed by atoms with Crippen LogP contribution in [-0.4, -0.2) is 56.5 Å². The number of nitrogens with zero attached hydrogens (tertiary/aromatic N) is 1. The Hall–Kier alpha value is -0.160. The maximum absolute atomic E-state index is 6.09. The van der Waals surface area contributed by atoms with Gasteiger partial charge in [0.15, 0.2) is 0 Å². The number of hydrogen-bond acceptors (Lipinski definition) is 4. The molecular weight excluding hydrogens is 204 g/mol. The highest BCUT2D eigenvalue weighted by atomic mass is 16.5. The fraction of sp³-hybridized carbons (Fsp3) is 1.00. The molecule has 0 amide bonds. The normalized spacial score (nSPS) is 29.2. The lowest BCUT2D eigenvalue weighted by atomic mass is 10.1. The lowest BCUT2D eigenvalue weighted by molar-refractivity contribution is -0.0579. The van der Waals surface area contributed by atoms with E-state index in [1.807, 2.05) is 0 Å². The Morgan fingerprint density at radius 2 is 2.31 bits per heavy atom. The maximum Gasteiger partial charge on any atom is 0.0674 e. The first-order valence-corrected chi connectivity index (χ1v) is 6.27. The predicted molar refractivity (Wildman–Crippen MR) is 65.5 cm³/mol. The molecule has 0 bridgehead atoms. The van der Waals surface area contributed by atoms with Crippen LogP contribution in [0.15, 0.2) is 0 Å². The van der Waals surface area contributed by atoms with Gasteiger partial charge in [-0.15, -0.1) is 0 Å². The summed E-state index contributed by atoms with van der Waals surface area (Å²) >= 11 is 0. The lowest BCUT2D eigenvalue weighted by Gasteiger charge is -2.39. The van der Waals surface area contributed by atoms with E-state index in [9.17, 15) is 0 Å². The molecule has 1 saturated heterocycles. The third-order valence-electron chi connectivity index (χ3n) is 3.21. The van der Waals surface area contributed by atoms with Crippen molar-refractivity contribution in [1.29, 1.82) is 0 Å². The van der Waals surface area contributed by atoms with E-state index in [-0.39, 0.29) is 6.04 Å². The number of morpholine rings is 1. The first-order chi connectivity index (χ1) is 7.67. The molecule has 16 heavy (non-hydrogen) atoms. The monoisotopic (exact) mass is 230 g/mol. The summed E-state index contributed by atoms with van der Waals surface area (Å²) in [6.45, 7) is 7.87. The van der Waals surface area contributed by atoms with E-state index in [2.05, 4.69) is 18.7 Å². The van der Waals surface area contributed by atoms with Crippen LogP contribution in [0.25, 0.3) is 0 Å². The second kappa shape index (κ2) is 7.22. The molecule has 0 aliphatic carbocycles. The van der Waals surface area contributed by atoms with Crippen molar-refractivity contribution < 1.29 is 9.47 Å². The standard InChI is InChI=1S/C12H26N2O2/c1-4-12-9-16-10(2)7-14(12)8-11(13)5-6-15-3/h10-12H,4-9,13H2,1-3H3. The van der Waals surface area contributed by atoms with Crippen molar-refractivity contribution in [3.63, 3.8) is 0 Å². The van der Waals surface area contributed by atoms with Crippen LogP contribution in [-0.2, 0) is 9.47 Å². The van der Waals surface area contributed by atoms with E-state index in [1.165, 1.54) is 0 Å². The number of rotatable bonds is 6. The molecule has 0 radical (unpaired) electrons. The maximum atomic E-state index is 6.09. The van der Waals surface area contributed by atoms with E-state index in [4.69, 9.17) is 15.2 Å². The summed E-state index contributed by atoms with van der Waals surface area (Å²) in [6.07, 6.45) is 2.39. The topological polar surface area (TPSA) is 47.7 Å². The van der Waals surface area contributed by atoms with Crippen LogP contribution in [0.2, 0.25) is 0 Å². The summed E-state index contributed by atoms with van der Waals surface area (Å²) in [5.41, 5.74) is 6.09. The van der Waals surface area contributed by atoms with Crippen LogP contribution < -0.4 is 5.73 Å². The van der Waals surface area contributed by atoms with Crippen LogP contribution in [0, 0.1) is 0 Å². The molecular formula is C12H26N2O2. The van der Waals surface area contributed by atoms with Gasteiger partial charge in [0, 0.05) is 38.9 Å². The summed E-state index contributed by atoms with van der Waals surface area (Å²) in [5, 5.41) is 0. The number of nitrogens with two attached hydrogens (primary N) is 1. The molecule has 1 fully saturated rings. The second-order valence-corrected chi connectivity index (χ2v) is 4.70. The van der Waals surface area contributed by atoms with E-state index in [0.717, 1.165) is 39.1 Å². The molecule has 3 unspecified atom stereocenters. The Balaban J connectivity index is 2.36. The first-order valence-electron chi connectivity index (χ1n) is 6.27. The Labute approximate surface area is 99.1 Å². The van der Waals surface area contributed by atoms with Gasteiger partial charge in [0.25, 0.3) is 0 Å². The summed E-state index contributed by atoms with van der Waals surface area (Å²) in [4.78, 5) is 2.47. The van der Waals surface area contributed by atoms with Crippen LogP contribution in [0.1, 0.15) is 26.7 Å². The van der Waals surface area contributed by atoms with Crippen LogP contribution >= 0.6 is 0 Å². The molecule has 3 atom stereocenters. The van der Waals surface area contributed by atoms with Crippen LogP contribution in [0.5, 0.6) is 0 Å². The summed E-state index contributed by atoms with van der Waals surface area (Å²) in [5.74, 6) is 0. The molecule has 0 aromatic rings. The number of ether oxygens (including phenoxy) is 2. The quantitative estimate of drug-likeness (QED) is 0.735. The summed E-state index contributed by atoms with van der Waals surface area (Å²) < 4.78 is 10.7. The summed E-state index contributed by atoms with van der Waals surface area (Å²) in [7, 11) is 1.72. The molecule has 0 aromatic carbocycles. The highest BCUT2D eigenvalue weighted by Crippen LogP contribution is 2.14. The SMILES string of the molecule is CCC1COC(C)CN1CC(N)CCOC. The van der Waals surface area contributed by atoms with E-state index in [0.29, 0.717) is 12.1 Å². The molecule has 0 saturated carbocycles. The fourth-order valence-corrected chi connectivity index (χ4v) is 2.17. The van der Waals surface area contributed by atoms with Crippen molar-refractivity contribution in [2.75, 3.05) is 33.4 Å². The van der Waals surface area contributed by atoms with Gasteiger partial charge in [-0.25, -0.2) is 0 Å². The van der Waals surface area contributed by atoms with E-state index >= 15 is 0 Å². The van der Waals surface area contributed by atoms with Gasteiger partial charge in [0.05, 0.1) is 12.7 Å². The van der Waals surface area contributed by atoms with Crippen LogP contribution in [0.4, 0.5) is 0 Å². The molecule has 1 heterocycles. The molecule has 96 valence electrons. The van der Waals surface area contributed by atoms with E-state index < -0.39 is 0 Å². The average Bonchev–Trinajstić information content (AvgIpc) is 2.27. The van der Waals surface area contributed by atoms with Gasteiger partial charge in [0.1, 0.15) is 0 Å². The van der Waals surface area contributed by atoms with Crippen molar-refractivity contribution in [3.05, 3.63) is 0 Å². The van der Waals surface area contributed by atoms with Crippen molar-refractivity contribution in [2.24, 2.45) is 5.73 Å². The highest BCUT2D eigenvalue weighted by molar-refractivity contribution is 4.80. The molecule has 1 aliphatic heterocycles. The third-order valence-corrected chi connectivity index (χ3v) is 3.21. The van der Waals surface area contributed by atoms with Crippen LogP contribution in [0.3, 0.4) is 0 Å². The van der Waals surface area contributed by atoms with Gasteiger partial charge in [-0.1, -0.05) is 6.92 Å². The van der Waals surface area contributed by atoms with Crippen molar-refractivity contribution in [2.45, 2.75) is 44.9 Å². The van der Waals surface area contributed by atoms with Gasteiger partial charge in [-0.3, -0.25) is 4.90 Å². The van der Waals surface area contributed by atoms with Crippen molar-refractivity contribution in [3.8, 4) is 0 Å². The van der Waals surface area contributed by atoms with E-state index in [1.54, 1.807) is 7.11 Å². The molecule has 2 N–H and O–H groups in total. The van der Waals surface area contributed by atoms with Gasteiger partial charge in [0.2, 0.25) is 0 Å². The number of methoxy groups -OCH3 is 1. The predicted octanol–water partition coefficient (Wildman–Crippen LogP) is 0.850. The van der Waals surface area contributed by atoms with Gasteiger partial charge in [-0.2, -0.15) is 0 Å². The lowest BCUT2D eigenvalue weighted by Crippen LogP contribution is -2.52. The Morgan fingerprint density at radius 3 is 2.94 bits per heavy atom. The highest BCUT2D eigenvalue weighted by Gasteiger charge is 2.26. The van der Waals surface area contributed by atoms with Gasteiger partial charge >= 0.3 is 0 Å². The minimum atomic E-state index is 0.208. The zero-order valence-corrected chi connectivity index (χ0v) is 10.8. The zero-order chi connectivity index (χ0) is 12.0. The fourth-order valence-electron chi connectivity index (χ4n) is 2.17. The number of hydrogen-bond donors (Lipinski definition) is 1. The smallest absolute Gasteiger partial charge is 0.0674 e. The molecule has 0 spiro atoms. The average molecular weight is 230 g/mol. The molecule has 4 nitrogen and oxygen atoms in total. The molecule has 1 rings (SSSR count). The minimum Gasteiger partial charge on any atom is -0.385 e. The second-order valence-electron chi connectivity index (χ2n) is 4.70.